The molecule has 1 saturated heterocycles. The van der Waals surface area contributed by atoms with Gasteiger partial charge in [-0.3, -0.25) is 19.6 Å². The molecule has 1 aliphatic heterocycles. The lowest BCUT2D eigenvalue weighted by Gasteiger charge is -2.25. The van der Waals surface area contributed by atoms with Crippen molar-refractivity contribution in [3.05, 3.63) is 101 Å². The van der Waals surface area contributed by atoms with Gasteiger partial charge >= 0.3 is 6.18 Å². The summed E-state index contributed by atoms with van der Waals surface area (Å²) in [6, 6.07) is 11.3. The number of aliphatic hydroxyl groups excluding tert-OH is 1. The molecule has 1 amide bonds. The van der Waals surface area contributed by atoms with Gasteiger partial charge in [0.15, 0.2) is 0 Å². The Hall–Kier alpha value is -4.01. The Morgan fingerprint density at radius 1 is 1.00 bits per heavy atom. The second-order valence-electron chi connectivity index (χ2n) is 7.12. The van der Waals surface area contributed by atoms with Crippen molar-refractivity contribution in [2.24, 2.45) is 0 Å². The van der Waals surface area contributed by atoms with Gasteiger partial charge in [-0.1, -0.05) is 18.2 Å². The molecule has 1 aliphatic rings. The molecule has 32 heavy (non-hydrogen) atoms. The van der Waals surface area contributed by atoms with Crippen molar-refractivity contribution in [2.45, 2.75) is 18.8 Å². The van der Waals surface area contributed by atoms with Gasteiger partial charge in [-0.2, -0.15) is 13.2 Å². The number of alkyl halides is 3. The fraction of sp³-hybridized carbons (Fsp3) is 0.130. The molecule has 1 aromatic carbocycles. The number of likely N-dealkylation sites (tertiary alicyclic amines) is 1. The van der Waals surface area contributed by atoms with Crippen molar-refractivity contribution in [3.63, 3.8) is 0 Å². The number of amides is 1. The van der Waals surface area contributed by atoms with E-state index in [0.717, 1.165) is 17.0 Å². The highest BCUT2D eigenvalue weighted by Gasteiger charge is 2.46. The molecule has 3 heterocycles. The lowest BCUT2D eigenvalue weighted by atomic mass is 9.98. The molecule has 1 atom stereocenters. The monoisotopic (exact) mass is 439 g/mol. The number of hydrogen-bond donors (Lipinski definition) is 1. The van der Waals surface area contributed by atoms with Crippen molar-refractivity contribution in [1.82, 2.24) is 14.9 Å². The third kappa shape index (κ3) is 3.96. The van der Waals surface area contributed by atoms with Gasteiger partial charge in [-0.15, -0.1) is 0 Å². The first-order chi connectivity index (χ1) is 15.3. The van der Waals surface area contributed by atoms with E-state index >= 15 is 0 Å². The number of benzene rings is 1. The molecule has 1 fully saturated rings. The van der Waals surface area contributed by atoms with Gasteiger partial charge < -0.3 is 10.0 Å². The molecule has 162 valence electrons. The number of aliphatic hydroxyl groups is 1. The van der Waals surface area contributed by atoms with Crippen LogP contribution < -0.4 is 0 Å². The zero-order valence-electron chi connectivity index (χ0n) is 16.5. The SMILES string of the molecule is O=C1C(=O)N(Cc2cccc(C(F)(F)F)c2)C(c2ccccn2)/C1=C(\O)c1ccncc1. The van der Waals surface area contributed by atoms with Gasteiger partial charge in [-0.05, 0) is 42.0 Å². The number of aromatic nitrogens is 2. The minimum atomic E-state index is -4.55. The molecule has 1 unspecified atom stereocenters. The average Bonchev–Trinajstić information content (AvgIpc) is 3.04. The van der Waals surface area contributed by atoms with Crippen LogP contribution in [0.25, 0.3) is 5.76 Å². The summed E-state index contributed by atoms with van der Waals surface area (Å²) in [5.74, 6) is -2.29. The Kier molecular flexibility index (Phi) is 5.48. The van der Waals surface area contributed by atoms with Crippen LogP contribution in [0.5, 0.6) is 0 Å². The molecule has 0 spiro atoms. The summed E-state index contributed by atoms with van der Waals surface area (Å²) in [6.07, 6.45) is -0.245. The van der Waals surface area contributed by atoms with Crippen LogP contribution >= 0.6 is 0 Å². The minimum absolute atomic E-state index is 0.187. The van der Waals surface area contributed by atoms with Gasteiger partial charge in [-0.25, -0.2) is 0 Å². The molecule has 9 heteroatoms. The van der Waals surface area contributed by atoms with E-state index in [1.165, 1.54) is 42.9 Å². The van der Waals surface area contributed by atoms with Crippen LogP contribution in [0, 0.1) is 0 Å². The van der Waals surface area contributed by atoms with E-state index in [0.29, 0.717) is 5.69 Å². The quantitative estimate of drug-likeness (QED) is 0.376. The highest BCUT2D eigenvalue weighted by Crippen LogP contribution is 2.39. The van der Waals surface area contributed by atoms with Gasteiger partial charge in [0.2, 0.25) is 0 Å². The third-order valence-electron chi connectivity index (χ3n) is 5.07. The molecule has 0 saturated carbocycles. The van der Waals surface area contributed by atoms with E-state index < -0.39 is 35.2 Å². The number of halogens is 3. The smallest absolute Gasteiger partial charge is 0.416 e. The standard InChI is InChI=1S/C23H16F3N3O3/c24-23(25,26)16-5-3-4-14(12-16)13-29-19(17-6-1-2-9-28-17)18(21(31)22(29)32)20(30)15-7-10-27-11-8-15/h1-12,19,30H,13H2/b20-18+. The van der Waals surface area contributed by atoms with Crippen molar-refractivity contribution in [1.29, 1.82) is 0 Å². The number of rotatable bonds is 4. The highest BCUT2D eigenvalue weighted by molar-refractivity contribution is 6.46. The molecular formula is C23H16F3N3O3. The molecule has 2 aromatic heterocycles. The van der Waals surface area contributed by atoms with Gasteiger partial charge in [0.1, 0.15) is 11.8 Å². The maximum absolute atomic E-state index is 13.1. The van der Waals surface area contributed by atoms with Crippen molar-refractivity contribution >= 4 is 17.4 Å². The Balaban J connectivity index is 1.82. The van der Waals surface area contributed by atoms with Crippen LogP contribution in [-0.4, -0.2) is 31.7 Å². The molecule has 4 rings (SSSR count). The molecular weight excluding hydrogens is 423 g/mol. The summed E-state index contributed by atoms with van der Waals surface area (Å²) in [6.45, 7) is -0.275. The zero-order chi connectivity index (χ0) is 22.9. The molecule has 3 aromatic rings. The zero-order valence-corrected chi connectivity index (χ0v) is 16.5. The van der Waals surface area contributed by atoms with Crippen LogP contribution in [0.2, 0.25) is 0 Å². The van der Waals surface area contributed by atoms with Gasteiger partial charge in [0, 0.05) is 30.7 Å². The van der Waals surface area contributed by atoms with E-state index in [1.807, 2.05) is 0 Å². The van der Waals surface area contributed by atoms with E-state index in [1.54, 1.807) is 18.2 Å². The summed E-state index contributed by atoms with van der Waals surface area (Å²) in [4.78, 5) is 35.0. The Morgan fingerprint density at radius 2 is 1.75 bits per heavy atom. The average molecular weight is 439 g/mol. The van der Waals surface area contributed by atoms with Crippen LogP contribution in [0.1, 0.15) is 28.4 Å². The van der Waals surface area contributed by atoms with E-state index in [9.17, 15) is 27.9 Å². The Labute approximate surface area is 180 Å². The first-order valence-corrected chi connectivity index (χ1v) is 9.53. The predicted octanol–water partition coefficient (Wildman–Crippen LogP) is 4.12. The second-order valence-corrected chi connectivity index (χ2v) is 7.12. The maximum Gasteiger partial charge on any atom is 0.416 e. The summed E-state index contributed by atoms with van der Waals surface area (Å²) >= 11 is 0. The van der Waals surface area contributed by atoms with Crippen molar-refractivity contribution < 1.29 is 27.9 Å². The number of carbonyl (C=O) groups excluding carboxylic acids is 2. The largest absolute Gasteiger partial charge is 0.507 e. The Morgan fingerprint density at radius 3 is 2.41 bits per heavy atom. The fourth-order valence-corrected chi connectivity index (χ4v) is 3.60. The number of Topliss-reactive ketones (excluding diaryl/α,β-unsaturated/α-hetero) is 1. The molecule has 1 N–H and O–H groups in total. The predicted molar refractivity (Wildman–Crippen MR) is 108 cm³/mol. The number of pyridine rings is 2. The van der Waals surface area contributed by atoms with Gasteiger partial charge in [0.25, 0.3) is 11.7 Å². The number of hydrogen-bond acceptors (Lipinski definition) is 5. The van der Waals surface area contributed by atoms with Crippen molar-refractivity contribution in [3.8, 4) is 0 Å². The minimum Gasteiger partial charge on any atom is -0.507 e. The Bertz CT molecular complexity index is 1200. The second kappa shape index (κ2) is 8.26. The lowest BCUT2D eigenvalue weighted by molar-refractivity contribution is -0.140. The van der Waals surface area contributed by atoms with Crippen LogP contribution in [0.4, 0.5) is 13.2 Å². The summed E-state index contributed by atoms with van der Waals surface area (Å²) in [5, 5.41) is 10.9. The molecule has 0 bridgehead atoms. The third-order valence-corrected chi connectivity index (χ3v) is 5.07. The number of nitrogens with zero attached hydrogens (tertiary/aromatic N) is 3. The maximum atomic E-state index is 13.1. The fourth-order valence-electron chi connectivity index (χ4n) is 3.60. The summed E-state index contributed by atoms with van der Waals surface area (Å²) < 4.78 is 39.4. The molecule has 0 aliphatic carbocycles. The topological polar surface area (TPSA) is 83.4 Å². The molecule has 0 radical (unpaired) electrons. The highest BCUT2D eigenvalue weighted by atomic mass is 19.4. The van der Waals surface area contributed by atoms with Crippen LogP contribution in [0.15, 0.2) is 78.8 Å². The molecule has 6 nitrogen and oxygen atoms in total. The lowest BCUT2D eigenvalue weighted by Crippen LogP contribution is -2.29. The first kappa shape index (κ1) is 21.2. The normalized spacial score (nSPS) is 18.2. The van der Waals surface area contributed by atoms with Crippen molar-refractivity contribution in [2.75, 3.05) is 0 Å². The van der Waals surface area contributed by atoms with E-state index in [4.69, 9.17) is 0 Å². The first-order valence-electron chi connectivity index (χ1n) is 9.53. The van der Waals surface area contributed by atoms with Crippen LogP contribution in [0.3, 0.4) is 0 Å². The number of ketones is 1. The van der Waals surface area contributed by atoms with Gasteiger partial charge in [0.05, 0.1) is 16.8 Å². The number of carbonyl (C=O) groups is 2. The van der Waals surface area contributed by atoms with E-state index in [2.05, 4.69) is 9.97 Å². The van der Waals surface area contributed by atoms with E-state index in [-0.39, 0.29) is 23.2 Å². The van der Waals surface area contributed by atoms with Crippen LogP contribution in [-0.2, 0) is 22.3 Å². The summed E-state index contributed by atoms with van der Waals surface area (Å²) in [5.41, 5.74) is -0.288. The summed E-state index contributed by atoms with van der Waals surface area (Å²) in [7, 11) is 0.